The number of hydrogen-bond acceptors (Lipinski definition) is 1. The summed E-state index contributed by atoms with van der Waals surface area (Å²) in [4.78, 5) is 0.788. The standard InChI is InChI=1S/C11H5Br2ClF2S/c12-7-4-9(17-11(7)13)10(14)6-2-1-5(15)3-8(6)16/h1-4,10H. The van der Waals surface area contributed by atoms with Gasteiger partial charge >= 0.3 is 0 Å². The first-order chi connectivity index (χ1) is 7.99. The predicted molar refractivity (Wildman–Crippen MR) is 73.8 cm³/mol. The molecule has 0 aliphatic rings. The van der Waals surface area contributed by atoms with Crippen LogP contribution >= 0.6 is 54.8 Å². The fourth-order valence-electron chi connectivity index (χ4n) is 1.35. The van der Waals surface area contributed by atoms with Gasteiger partial charge in [-0.1, -0.05) is 6.07 Å². The molecule has 0 amide bonds. The van der Waals surface area contributed by atoms with Gasteiger partial charge in [0.2, 0.25) is 0 Å². The smallest absolute Gasteiger partial charge is 0.131 e. The van der Waals surface area contributed by atoms with Crippen molar-refractivity contribution in [3.63, 3.8) is 0 Å². The van der Waals surface area contributed by atoms with Crippen molar-refractivity contribution >= 4 is 54.8 Å². The van der Waals surface area contributed by atoms with E-state index in [1.807, 2.05) is 6.07 Å². The summed E-state index contributed by atoms with van der Waals surface area (Å²) in [6.45, 7) is 0. The van der Waals surface area contributed by atoms with Crippen LogP contribution in [-0.2, 0) is 0 Å². The molecule has 0 saturated heterocycles. The van der Waals surface area contributed by atoms with Crippen LogP contribution in [0.25, 0.3) is 0 Å². The molecule has 1 aromatic carbocycles. The number of rotatable bonds is 2. The van der Waals surface area contributed by atoms with Crippen LogP contribution in [0.5, 0.6) is 0 Å². The van der Waals surface area contributed by atoms with Crippen LogP contribution in [0.3, 0.4) is 0 Å². The zero-order chi connectivity index (χ0) is 12.6. The monoisotopic (exact) mass is 400 g/mol. The van der Waals surface area contributed by atoms with Crippen molar-refractivity contribution in [2.24, 2.45) is 0 Å². The first kappa shape index (κ1) is 13.5. The summed E-state index contributed by atoms with van der Waals surface area (Å²) in [6.07, 6.45) is 0. The molecule has 1 unspecified atom stereocenters. The summed E-state index contributed by atoms with van der Waals surface area (Å²) >= 11 is 14.3. The second kappa shape index (κ2) is 5.34. The Morgan fingerprint density at radius 3 is 2.41 bits per heavy atom. The van der Waals surface area contributed by atoms with Gasteiger partial charge in [0.05, 0.1) is 9.16 Å². The van der Waals surface area contributed by atoms with E-state index in [1.54, 1.807) is 0 Å². The Kier molecular flexibility index (Phi) is 4.23. The number of thiophene rings is 1. The molecule has 1 heterocycles. The van der Waals surface area contributed by atoms with Gasteiger partial charge in [0.15, 0.2) is 0 Å². The predicted octanol–water partition coefficient (Wildman–Crippen LogP) is 5.88. The highest BCUT2D eigenvalue weighted by molar-refractivity contribution is 9.13. The Balaban J connectivity index is 2.39. The molecule has 17 heavy (non-hydrogen) atoms. The van der Waals surface area contributed by atoms with Crippen molar-refractivity contribution in [3.8, 4) is 0 Å². The lowest BCUT2D eigenvalue weighted by Gasteiger charge is -2.08. The topological polar surface area (TPSA) is 0 Å². The minimum Gasteiger partial charge on any atom is -0.207 e. The van der Waals surface area contributed by atoms with Crippen molar-refractivity contribution in [1.29, 1.82) is 0 Å². The minimum absolute atomic E-state index is 0.273. The van der Waals surface area contributed by atoms with Crippen LogP contribution < -0.4 is 0 Å². The molecule has 0 N–H and O–H groups in total. The van der Waals surface area contributed by atoms with Crippen LogP contribution in [0.15, 0.2) is 32.5 Å². The van der Waals surface area contributed by atoms with Gasteiger partial charge in [-0.05, 0) is 44.0 Å². The highest BCUT2D eigenvalue weighted by atomic mass is 79.9. The highest BCUT2D eigenvalue weighted by Gasteiger charge is 2.19. The van der Waals surface area contributed by atoms with Gasteiger partial charge in [0.25, 0.3) is 0 Å². The summed E-state index contributed by atoms with van der Waals surface area (Å²) < 4.78 is 28.1. The Labute approximate surface area is 123 Å². The zero-order valence-electron chi connectivity index (χ0n) is 8.18. The lowest BCUT2D eigenvalue weighted by molar-refractivity contribution is 0.574. The number of benzene rings is 1. The van der Waals surface area contributed by atoms with E-state index >= 15 is 0 Å². The van der Waals surface area contributed by atoms with Crippen molar-refractivity contribution in [2.75, 3.05) is 0 Å². The molecule has 0 fully saturated rings. The fraction of sp³-hybridized carbons (Fsp3) is 0.0909. The molecular weight excluding hydrogens is 397 g/mol. The molecule has 0 saturated carbocycles. The summed E-state index contributed by atoms with van der Waals surface area (Å²) in [5, 5.41) is -0.622. The van der Waals surface area contributed by atoms with Gasteiger partial charge in [0, 0.05) is 21.0 Å². The maximum Gasteiger partial charge on any atom is 0.131 e. The van der Waals surface area contributed by atoms with E-state index in [1.165, 1.54) is 23.5 Å². The Bertz CT molecular complexity index is 537. The molecule has 2 aromatic rings. The third-order valence-corrected chi connectivity index (χ3v) is 6.07. The van der Waals surface area contributed by atoms with Crippen molar-refractivity contribution < 1.29 is 8.78 Å². The Morgan fingerprint density at radius 1 is 1.18 bits per heavy atom. The van der Waals surface area contributed by atoms with E-state index in [2.05, 4.69) is 31.9 Å². The van der Waals surface area contributed by atoms with Gasteiger partial charge in [-0.25, -0.2) is 8.78 Å². The summed E-state index contributed by atoms with van der Waals surface area (Å²) in [6, 6.07) is 5.22. The molecule has 0 nitrogen and oxygen atoms in total. The molecule has 0 radical (unpaired) electrons. The van der Waals surface area contributed by atoms with Gasteiger partial charge in [-0.2, -0.15) is 0 Å². The normalized spacial score (nSPS) is 12.8. The highest BCUT2D eigenvalue weighted by Crippen LogP contribution is 2.40. The van der Waals surface area contributed by atoms with Crippen LogP contribution in [0.2, 0.25) is 0 Å². The number of alkyl halides is 1. The van der Waals surface area contributed by atoms with Crippen LogP contribution in [0.4, 0.5) is 8.78 Å². The number of halogens is 5. The van der Waals surface area contributed by atoms with Crippen LogP contribution in [0.1, 0.15) is 15.8 Å². The molecule has 6 heteroatoms. The maximum absolute atomic E-state index is 13.6. The van der Waals surface area contributed by atoms with Gasteiger partial charge in [0.1, 0.15) is 11.6 Å². The van der Waals surface area contributed by atoms with E-state index in [9.17, 15) is 8.78 Å². The number of hydrogen-bond donors (Lipinski definition) is 0. The van der Waals surface area contributed by atoms with Crippen molar-refractivity contribution in [2.45, 2.75) is 5.38 Å². The first-order valence-electron chi connectivity index (χ1n) is 4.53. The summed E-state index contributed by atoms with van der Waals surface area (Å²) in [7, 11) is 0. The van der Waals surface area contributed by atoms with E-state index in [4.69, 9.17) is 11.6 Å². The van der Waals surface area contributed by atoms with Crippen molar-refractivity contribution in [3.05, 3.63) is 54.6 Å². The van der Waals surface area contributed by atoms with Gasteiger partial charge in [-0.15, -0.1) is 22.9 Å². The van der Waals surface area contributed by atoms with E-state index in [0.29, 0.717) is 0 Å². The average molecular weight is 402 g/mol. The Hall–Kier alpha value is 0.0300. The molecule has 1 atom stereocenters. The average Bonchev–Trinajstić information content (AvgIpc) is 2.58. The maximum atomic E-state index is 13.6. The van der Waals surface area contributed by atoms with E-state index in [0.717, 1.165) is 19.2 Å². The van der Waals surface area contributed by atoms with Gasteiger partial charge < -0.3 is 0 Å². The molecular formula is C11H5Br2ClF2S. The second-order valence-electron chi connectivity index (χ2n) is 3.30. The molecule has 90 valence electrons. The fourth-order valence-corrected chi connectivity index (χ4v) is 3.81. The first-order valence-corrected chi connectivity index (χ1v) is 7.36. The third kappa shape index (κ3) is 2.89. The Morgan fingerprint density at radius 2 is 1.88 bits per heavy atom. The molecule has 2 rings (SSSR count). The molecule has 1 aromatic heterocycles. The zero-order valence-corrected chi connectivity index (χ0v) is 12.9. The lowest BCUT2D eigenvalue weighted by Crippen LogP contribution is -1.95. The van der Waals surface area contributed by atoms with E-state index < -0.39 is 17.0 Å². The third-order valence-electron chi connectivity index (χ3n) is 2.15. The SMILES string of the molecule is Fc1ccc(C(Cl)c2cc(Br)c(Br)s2)c(F)c1. The quantitative estimate of drug-likeness (QED) is 0.551. The van der Waals surface area contributed by atoms with Gasteiger partial charge in [-0.3, -0.25) is 0 Å². The second-order valence-corrected chi connectivity index (χ2v) is 6.99. The largest absolute Gasteiger partial charge is 0.207 e. The van der Waals surface area contributed by atoms with Crippen LogP contribution in [0, 0.1) is 11.6 Å². The van der Waals surface area contributed by atoms with Crippen LogP contribution in [-0.4, -0.2) is 0 Å². The molecule has 0 spiro atoms. The summed E-state index contributed by atoms with van der Waals surface area (Å²) in [5.74, 6) is -1.24. The lowest BCUT2D eigenvalue weighted by atomic mass is 10.1. The minimum atomic E-state index is -0.634. The van der Waals surface area contributed by atoms with Crippen molar-refractivity contribution in [1.82, 2.24) is 0 Å². The summed E-state index contributed by atoms with van der Waals surface area (Å²) in [5.41, 5.74) is 0.273. The molecule has 0 aliphatic carbocycles. The van der Waals surface area contributed by atoms with E-state index in [-0.39, 0.29) is 5.56 Å². The molecule has 0 bridgehead atoms. The molecule has 0 aliphatic heterocycles.